The zero-order chi connectivity index (χ0) is 11.6. The average molecular weight is 232 g/mol. The van der Waals surface area contributed by atoms with E-state index in [4.69, 9.17) is 0 Å². The van der Waals surface area contributed by atoms with Crippen LogP contribution in [0.1, 0.15) is 6.92 Å². The Hall–Kier alpha value is -1.21. The number of amides is 2. The molecule has 1 aliphatic heterocycles. The molecule has 6 nitrogen and oxygen atoms in total. The maximum atomic E-state index is 11.3. The van der Waals surface area contributed by atoms with Gasteiger partial charge in [0.2, 0.25) is 10.0 Å². The topological polar surface area (TPSA) is 83.6 Å². The van der Waals surface area contributed by atoms with Crippen LogP contribution in [-0.2, 0) is 19.6 Å². The Morgan fingerprint density at radius 1 is 1.40 bits per heavy atom. The molecular formula is C8H12N2O4S. The molecule has 0 unspecified atom stereocenters. The number of rotatable bonds is 4. The molecule has 0 saturated carbocycles. The van der Waals surface area contributed by atoms with Gasteiger partial charge in [-0.15, -0.1) is 0 Å². The van der Waals surface area contributed by atoms with Gasteiger partial charge in [-0.1, -0.05) is 0 Å². The number of carbonyl (C=O) groups excluding carboxylic acids is 2. The third kappa shape index (κ3) is 3.14. The highest BCUT2D eigenvalue weighted by Gasteiger charge is 2.27. The molecule has 84 valence electrons. The number of sulfonamides is 1. The van der Waals surface area contributed by atoms with Crippen LogP contribution in [-0.4, -0.2) is 44.5 Å². The van der Waals surface area contributed by atoms with Crippen molar-refractivity contribution < 1.29 is 18.0 Å². The predicted molar refractivity (Wildman–Crippen MR) is 53.3 cm³/mol. The highest BCUT2D eigenvalue weighted by molar-refractivity contribution is 7.88. The lowest BCUT2D eigenvalue weighted by Gasteiger charge is -2.13. The van der Waals surface area contributed by atoms with Crippen molar-refractivity contribution in [3.05, 3.63) is 11.6 Å². The summed E-state index contributed by atoms with van der Waals surface area (Å²) in [5.74, 6) is -0.761. The van der Waals surface area contributed by atoms with Crippen LogP contribution in [0.15, 0.2) is 11.6 Å². The number of imide groups is 1. The molecule has 0 radical (unpaired) electrons. The maximum Gasteiger partial charge on any atom is 0.256 e. The molecule has 0 bridgehead atoms. The summed E-state index contributed by atoms with van der Waals surface area (Å²) in [6, 6.07) is 0. The fourth-order valence-electron chi connectivity index (χ4n) is 1.19. The average Bonchev–Trinajstić information content (AvgIpc) is 2.29. The summed E-state index contributed by atoms with van der Waals surface area (Å²) in [5.41, 5.74) is 0.374. The van der Waals surface area contributed by atoms with Crippen LogP contribution in [0, 0.1) is 0 Å². The quantitative estimate of drug-likeness (QED) is 0.620. The van der Waals surface area contributed by atoms with Crippen molar-refractivity contribution in [1.82, 2.24) is 9.62 Å². The lowest BCUT2D eigenvalue weighted by Crippen LogP contribution is -2.38. The normalized spacial score (nSPS) is 17.2. The first-order chi connectivity index (χ1) is 6.81. The first kappa shape index (κ1) is 11.9. The van der Waals surface area contributed by atoms with Crippen LogP contribution >= 0.6 is 0 Å². The molecule has 0 aromatic heterocycles. The molecule has 2 amide bonds. The van der Waals surface area contributed by atoms with Crippen molar-refractivity contribution in [2.45, 2.75) is 6.92 Å². The Kier molecular flexibility index (Phi) is 3.25. The fraction of sp³-hybridized carbons (Fsp3) is 0.500. The van der Waals surface area contributed by atoms with Crippen molar-refractivity contribution in [2.24, 2.45) is 0 Å². The molecule has 0 fully saturated rings. The van der Waals surface area contributed by atoms with E-state index in [-0.39, 0.29) is 19.0 Å². The number of nitrogens with zero attached hydrogens (tertiary/aromatic N) is 1. The molecule has 0 aliphatic carbocycles. The van der Waals surface area contributed by atoms with Gasteiger partial charge in [0.1, 0.15) is 0 Å². The second-order valence-electron chi connectivity index (χ2n) is 3.29. The predicted octanol–water partition coefficient (Wildman–Crippen LogP) is -1.15. The molecule has 0 atom stereocenters. The first-order valence-electron chi connectivity index (χ1n) is 4.30. The number of carbonyl (C=O) groups is 2. The van der Waals surface area contributed by atoms with Crippen molar-refractivity contribution in [3.8, 4) is 0 Å². The van der Waals surface area contributed by atoms with E-state index in [1.807, 2.05) is 0 Å². The monoisotopic (exact) mass is 232 g/mol. The summed E-state index contributed by atoms with van der Waals surface area (Å²) in [6.07, 6.45) is 2.26. The highest BCUT2D eigenvalue weighted by Crippen LogP contribution is 2.10. The van der Waals surface area contributed by atoms with Crippen molar-refractivity contribution in [1.29, 1.82) is 0 Å². The van der Waals surface area contributed by atoms with Crippen LogP contribution in [0.2, 0.25) is 0 Å². The summed E-state index contributed by atoms with van der Waals surface area (Å²) in [6.45, 7) is 1.64. The highest BCUT2D eigenvalue weighted by atomic mass is 32.2. The first-order valence-corrected chi connectivity index (χ1v) is 6.19. The van der Waals surface area contributed by atoms with Crippen LogP contribution in [0.25, 0.3) is 0 Å². The minimum absolute atomic E-state index is 0.0391. The van der Waals surface area contributed by atoms with E-state index in [0.717, 1.165) is 11.2 Å². The van der Waals surface area contributed by atoms with Crippen molar-refractivity contribution in [2.75, 3.05) is 19.3 Å². The lowest BCUT2D eigenvalue weighted by atomic mass is 10.3. The lowest BCUT2D eigenvalue weighted by molar-refractivity contribution is -0.137. The van der Waals surface area contributed by atoms with Gasteiger partial charge in [0.05, 0.1) is 6.26 Å². The molecule has 15 heavy (non-hydrogen) atoms. The van der Waals surface area contributed by atoms with E-state index in [1.165, 1.54) is 6.08 Å². The molecule has 1 heterocycles. The summed E-state index contributed by atoms with van der Waals surface area (Å²) in [5, 5.41) is 0. The van der Waals surface area contributed by atoms with E-state index in [9.17, 15) is 18.0 Å². The molecule has 0 saturated heterocycles. The van der Waals surface area contributed by atoms with E-state index in [0.29, 0.717) is 5.57 Å². The summed E-state index contributed by atoms with van der Waals surface area (Å²) in [4.78, 5) is 23.5. The van der Waals surface area contributed by atoms with Gasteiger partial charge in [0, 0.05) is 24.7 Å². The Bertz CT molecular complexity index is 424. The molecule has 0 aromatic carbocycles. The SMILES string of the molecule is CC1=CC(=O)N(CCNS(C)(=O)=O)C1=O. The Morgan fingerprint density at radius 2 is 2.00 bits per heavy atom. The molecule has 1 N–H and O–H groups in total. The molecule has 7 heteroatoms. The molecular weight excluding hydrogens is 220 g/mol. The van der Waals surface area contributed by atoms with Gasteiger partial charge < -0.3 is 0 Å². The van der Waals surface area contributed by atoms with Gasteiger partial charge in [-0.25, -0.2) is 13.1 Å². The standard InChI is InChI=1S/C8H12N2O4S/c1-6-5-7(11)10(8(6)12)4-3-9-15(2,13)14/h5,9H,3-4H2,1-2H3. The zero-order valence-corrected chi connectivity index (χ0v) is 9.30. The number of nitrogens with one attached hydrogen (secondary N) is 1. The molecule has 0 spiro atoms. The minimum Gasteiger partial charge on any atom is -0.274 e. The Morgan fingerprint density at radius 3 is 2.40 bits per heavy atom. The Labute approximate surface area is 88.0 Å². The van der Waals surface area contributed by atoms with E-state index in [2.05, 4.69) is 4.72 Å². The summed E-state index contributed by atoms with van der Waals surface area (Å²) >= 11 is 0. The van der Waals surface area contributed by atoms with Gasteiger partial charge >= 0.3 is 0 Å². The largest absolute Gasteiger partial charge is 0.274 e. The molecule has 0 aromatic rings. The van der Waals surface area contributed by atoms with Crippen LogP contribution in [0.4, 0.5) is 0 Å². The van der Waals surface area contributed by atoms with E-state index >= 15 is 0 Å². The maximum absolute atomic E-state index is 11.3. The van der Waals surface area contributed by atoms with E-state index < -0.39 is 15.9 Å². The third-order valence-corrected chi connectivity index (χ3v) is 2.62. The van der Waals surface area contributed by atoms with Gasteiger partial charge in [0.25, 0.3) is 11.8 Å². The molecule has 1 rings (SSSR count). The number of hydrogen-bond donors (Lipinski definition) is 1. The second-order valence-corrected chi connectivity index (χ2v) is 5.12. The summed E-state index contributed by atoms with van der Waals surface area (Å²) < 4.78 is 23.6. The number of hydrogen-bond acceptors (Lipinski definition) is 4. The minimum atomic E-state index is -3.28. The van der Waals surface area contributed by atoms with Crippen LogP contribution < -0.4 is 4.72 Å². The van der Waals surface area contributed by atoms with Crippen molar-refractivity contribution in [3.63, 3.8) is 0 Å². The zero-order valence-electron chi connectivity index (χ0n) is 8.48. The van der Waals surface area contributed by atoms with Crippen LogP contribution in [0.5, 0.6) is 0 Å². The third-order valence-electron chi connectivity index (χ3n) is 1.89. The van der Waals surface area contributed by atoms with Gasteiger partial charge in [-0.2, -0.15) is 0 Å². The van der Waals surface area contributed by atoms with Crippen molar-refractivity contribution >= 4 is 21.8 Å². The van der Waals surface area contributed by atoms with E-state index in [1.54, 1.807) is 6.92 Å². The van der Waals surface area contributed by atoms with Gasteiger partial charge in [0.15, 0.2) is 0 Å². The Balaban J connectivity index is 2.49. The second kappa shape index (κ2) is 4.11. The molecule has 1 aliphatic rings. The van der Waals surface area contributed by atoms with Crippen LogP contribution in [0.3, 0.4) is 0 Å². The van der Waals surface area contributed by atoms with Gasteiger partial charge in [-0.3, -0.25) is 14.5 Å². The summed E-state index contributed by atoms with van der Waals surface area (Å²) in [7, 11) is -3.28. The van der Waals surface area contributed by atoms with Gasteiger partial charge in [-0.05, 0) is 6.92 Å². The fourth-order valence-corrected chi connectivity index (χ4v) is 1.65. The smallest absolute Gasteiger partial charge is 0.256 e.